The number of amides is 2. The maximum Gasteiger partial charge on any atom is 0.408 e. The van der Waals surface area contributed by atoms with Crippen molar-refractivity contribution < 1.29 is 14.3 Å². The van der Waals surface area contributed by atoms with Crippen molar-refractivity contribution in [1.82, 2.24) is 15.5 Å². The molecule has 1 saturated heterocycles. The molecule has 2 amide bonds. The number of alkyl carbamates (subject to hydrolysis) is 1. The Morgan fingerprint density at radius 1 is 1.11 bits per heavy atom. The van der Waals surface area contributed by atoms with Gasteiger partial charge in [-0.2, -0.15) is 0 Å². The Morgan fingerprint density at radius 3 is 2.36 bits per heavy atom. The molecule has 1 heterocycles. The smallest absolute Gasteiger partial charge is 0.408 e. The monoisotopic (exact) mass is 389 g/mol. The summed E-state index contributed by atoms with van der Waals surface area (Å²) in [6.45, 7) is 10.3. The predicted molar refractivity (Wildman–Crippen MR) is 111 cm³/mol. The minimum absolute atomic E-state index is 0.182. The van der Waals surface area contributed by atoms with Crippen LogP contribution >= 0.6 is 0 Å². The Labute approximate surface area is 169 Å². The standard InChI is InChI=1S/C22H35N3O3/c1-17(25-13-9-6-10-14-25)16-23-20(26)19(15-18-11-7-5-8-12-18)24-21(27)28-22(2,3)4/h5,7-8,11-12,17,19H,6,9-10,13-16H2,1-4H3,(H,23,26)(H,24,27). The van der Waals surface area contributed by atoms with Gasteiger partial charge in [-0.3, -0.25) is 9.69 Å². The van der Waals surface area contributed by atoms with E-state index in [-0.39, 0.29) is 11.9 Å². The summed E-state index contributed by atoms with van der Waals surface area (Å²) in [4.78, 5) is 27.5. The highest BCUT2D eigenvalue weighted by Gasteiger charge is 2.25. The Morgan fingerprint density at radius 2 is 1.75 bits per heavy atom. The van der Waals surface area contributed by atoms with Crippen LogP contribution in [0, 0.1) is 0 Å². The van der Waals surface area contributed by atoms with Gasteiger partial charge in [0.05, 0.1) is 0 Å². The van der Waals surface area contributed by atoms with E-state index in [1.165, 1.54) is 19.3 Å². The molecule has 2 unspecified atom stereocenters. The van der Waals surface area contributed by atoms with Crippen LogP contribution in [0.3, 0.4) is 0 Å². The van der Waals surface area contributed by atoms with Crippen LogP contribution in [0.2, 0.25) is 0 Å². The van der Waals surface area contributed by atoms with Crippen LogP contribution in [0.25, 0.3) is 0 Å². The Balaban J connectivity index is 1.96. The number of nitrogens with zero attached hydrogens (tertiary/aromatic N) is 1. The molecule has 2 rings (SSSR count). The van der Waals surface area contributed by atoms with Crippen molar-refractivity contribution in [3.63, 3.8) is 0 Å². The molecule has 1 aliphatic heterocycles. The number of rotatable bonds is 7. The molecule has 1 fully saturated rings. The molecule has 2 atom stereocenters. The minimum atomic E-state index is -0.675. The fourth-order valence-electron chi connectivity index (χ4n) is 3.37. The van der Waals surface area contributed by atoms with Crippen molar-refractivity contribution in [2.45, 2.75) is 71.1 Å². The molecule has 6 nitrogen and oxygen atoms in total. The lowest BCUT2D eigenvalue weighted by atomic mass is 10.1. The van der Waals surface area contributed by atoms with Crippen molar-refractivity contribution >= 4 is 12.0 Å². The molecule has 0 aliphatic carbocycles. The zero-order chi connectivity index (χ0) is 20.6. The first-order valence-electron chi connectivity index (χ1n) is 10.3. The van der Waals surface area contributed by atoms with E-state index in [4.69, 9.17) is 4.74 Å². The van der Waals surface area contributed by atoms with E-state index in [9.17, 15) is 9.59 Å². The first kappa shape index (κ1) is 22.2. The second-order valence-electron chi connectivity index (χ2n) is 8.58. The molecule has 1 aliphatic rings. The lowest BCUT2D eigenvalue weighted by Gasteiger charge is -2.32. The van der Waals surface area contributed by atoms with Gasteiger partial charge in [0, 0.05) is 19.0 Å². The lowest BCUT2D eigenvalue weighted by Crippen LogP contribution is -2.52. The van der Waals surface area contributed by atoms with Crippen molar-refractivity contribution in [2.24, 2.45) is 0 Å². The summed E-state index contributed by atoms with van der Waals surface area (Å²) >= 11 is 0. The van der Waals surface area contributed by atoms with E-state index in [1.807, 2.05) is 30.3 Å². The van der Waals surface area contributed by atoms with Gasteiger partial charge in [-0.1, -0.05) is 36.8 Å². The fourth-order valence-corrected chi connectivity index (χ4v) is 3.37. The Hall–Kier alpha value is -2.08. The van der Waals surface area contributed by atoms with Crippen LogP contribution in [0.1, 0.15) is 52.5 Å². The first-order valence-corrected chi connectivity index (χ1v) is 10.3. The third kappa shape index (κ3) is 7.89. The maximum atomic E-state index is 12.8. The van der Waals surface area contributed by atoms with Crippen molar-refractivity contribution in [3.8, 4) is 0 Å². The van der Waals surface area contributed by atoms with Crippen molar-refractivity contribution in [1.29, 1.82) is 0 Å². The van der Waals surface area contributed by atoms with Gasteiger partial charge in [-0.05, 0) is 59.2 Å². The average Bonchev–Trinajstić information content (AvgIpc) is 2.65. The van der Waals surface area contributed by atoms with Gasteiger partial charge in [0.25, 0.3) is 0 Å². The topological polar surface area (TPSA) is 70.7 Å². The summed E-state index contributed by atoms with van der Waals surface area (Å²) in [5, 5.41) is 5.76. The fraction of sp³-hybridized carbons (Fsp3) is 0.636. The summed E-state index contributed by atoms with van der Waals surface area (Å²) in [7, 11) is 0. The van der Waals surface area contributed by atoms with Gasteiger partial charge in [0.1, 0.15) is 11.6 Å². The molecule has 6 heteroatoms. The predicted octanol–water partition coefficient (Wildman–Crippen LogP) is 3.11. The zero-order valence-corrected chi connectivity index (χ0v) is 17.7. The number of nitrogens with one attached hydrogen (secondary N) is 2. The molecule has 0 spiro atoms. The van der Waals surface area contributed by atoms with Crippen molar-refractivity contribution in [2.75, 3.05) is 19.6 Å². The molecular weight excluding hydrogens is 354 g/mol. The molecule has 1 aromatic rings. The average molecular weight is 390 g/mol. The van der Waals surface area contributed by atoms with E-state index >= 15 is 0 Å². The Kier molecular flexibility index (Phi) is 8.30. The summed E-state index contributed by atoms with van der Waals surface area (Å²) in [5.74, 6) is -0.182. The largest absolute Gasteiger partial charge is 0.444 e. The van der Waals surface area contributed by atoms with Gasteiger partial charge >= 0.3 is 6.09 Å². The van der Waals surface area contributed by atoms with Gasteiger partial charge < -0.3 is 15.4 Å². The lowest BCUT2D eigenvalue weighted by molar-refractivity contribution is -0.123. The van der Waals surface area contributed by atoms with Crippen molar-refractivity contribution in [3.05, 3.63) is 35.9 Å². The molecule has 2 N–H and O–H groups in total. The molecule has 156 valence electrons. The second-order valence-corrected chi connectivity index (χ2v) is 8.58. The Bertz CT molecular complexity index is 622. The SMILES string of the molecule is CC(CNC(=O)C(Cc1ccccc1)NC(=O)OC(C)(C)C)N1CCCCC1. The highest BCUT2D eigenvalue weighted by atomic mass is 16.6. The van der Waals surface area contributed by atoms with Crippen LogP contribution in [0.15, 0.2) is 30.3 Å². The van der Waals surface area contributed by atoms with Crippen LogP contribution in [0.5, 0.6) is 0 Å². The third-order valence-electron chi connectivity index (χ3n) is 4.88. The molecule has 0 radical (unpaired) electrons. The van der Waals surface area contributed by atoms with Gasteiger partial charge in [0.15, 0.2) is 0 Å². The first-order chi connectivity index (χ1) is 13.2. The van der Waals surface area contributed by atoms with E-state index < -0.39 is 17.7 Å². The number of benzene rings is 1. The van der Waals surface area contributed by atoms with E-state index in [0.29, 0.717) is 13.0 Å². The second kappa shape index (κ2) is 10.5. The molecule has 0 bridgehead atoms. The number of ether oxygens (including phenoxy) is 1. The summed E-state index contributed by atoms with van der Waals surface area (Å²) in [5.41, 5.74) is 0.378. The normalized spacial score (nSPS) is 17.4. The van der Waals surface area contributed by atoms with Crippen LogP contribution < -0.4 is 10.6 Å². The number of hydrogen-bond donors (Lipinski definition) is 2. The molecule has 0 aromatic heterocycles. The van der Waals surface area contributed by atoms with E-state index in [1.54, 1.807) is 20.8 Å². The molecule has 28 heavy (non-hydrogen) atoms. The quantitative estimate of drug-likeness (QED) is 0.752. The van der Waals surface area contributed by atoms with Gasteiger partial charge in [0.2, 0.25) is 5.91 Å². The highest BCUT2D eigenvalue weighted by Crippen LogP contribution is 2.12. The van der Waals surface area contributed by atoms with E-state index in [2.05, 4.69) is 22.5 Å². The third-order valence-corrected chi connectivity index (χ3v) is 4.88. The number of carbonyl (C=O) groups excluding carboxylic acids is 2. The van der Waals surface area contributed by atoms with Gasteiger partial charge in [-0.15, -0.1) is 0 Å². The van der Waals surface area contributed by atoms with Crippen LogP contribution in [0.4, 0.5) is 4.79 Å². The van der Waals surface area contributed by atoms with Crippen LogP contribution in [-0.4, -0.2) is 54.2 Å². The number of hydrogen-bond acceptors (Lipinski definition) is 4. The molecular formula is C22H35N3O3. The van der Waals surface area contributed by atoms with Crippen LogP contribution in [-0.2, 0) is 16.0 Å². The number of likely N-dealkylation sites (tertiary alicyclic amines) is 1. The number of carbonyl (C=O) groups is 2. The summed E-state index contributed by atoms with van der Waals surface area (Å²) < 4.78 is 5.34. The molecule has 1 aromatic carbocycles. The summed E-state index contributed by atoms with van der Waals surface area (Å²) in [6, 6.07) is 9.29. The minimum Gasteiger partial charge on any atom is -0.444 e. The number of piperidine rings is 1. The van der Waals surface area contributed by atoms with Gasteiger partial charge in [-0.25, -0.2) is 4.79 Å². The summed E-state index contributed by atoms with van der Waals surface area (Å²) in [6.07, 6.45) is 3.57. The molecule has 0 saturated carbocycles. The zero-order valence-electron chi connectivity index (χ0n) is 17.7. The highest BCUT2D eigenvalue weighted by molar-refractivity contribution is 5.86. The maximum absolute atomic E-state index is 12.8. The van der Waals surface area contributed by atoms with E-state index in [0.717, 1.165) is 18.7 Å².